The van der Waals surface area contributed by atoms with Crippen molar-refractivity contribution in [2.75, 3.05) is 6.54 Å². The molecule has 6 nitrogen and oxygen atoms in total. The molecule has 0 aliphatic carbocycles. The molecule has 0 bridgehead atoms. The molecule has 0 aromatic carbocycles. The molecule has 1 heterocycles. The van der Waals surface area contributed by atoms with Crippen LogP contribution in [0.15, 0.2) is 18.7 Å². The molecule has 0 radical (unpaired) electrons. The van der Waals surface area contributed by atoms with Gasteiger partial charge in [0.25, 0.3) is 0 Å². The van der Waals surface area contributed by atoms with E-state index in [0.717, 1.165) is 12.8 Å². The molecule has 1 rings (SSSR count). The highest BCUT2D eigenvalue weighted by atomic mass is 16.4. The van der Waals surface area contributed by atoms with E-state index in [0.29, 0.717) is 19.4 Å². The van der Waals surface area contributed by atoms with Gasteiger partial charge in [0.2, 0.25) is 5.91 Å². The number of imidazole rings is 1. The Morgan fingerprint density at radius 1 is 1.40 bits per heavy atom. The topological polar surface area (TPSA) is 84.2 Å². The van der Waals surface area contributed by atoms with E-state index in [4.69, 9.17) is 5.11 Å². The summed E-state index contributed by atoms with van der Waals surface area (Å²) < 4.78 is 1.95. The van der Waals surface area contributed by atoms with Gasteiger partial charge in [0.15, 0.2) is 0 Å². The van der Waals surface area contributed by atoms with E-state index in [9.17, 15) is 9.59 Å². The number of carbonyl (C=O) groups excluding carboxylic acids is 1. The third-order valence-corrected chi connectivity index (χ3v) is 3.31. The molecule has 0 aliphatic heterocycles. The largest absolute Gasteiger partial charge is 0.481 e. The second-order valence-electron chi connectivity index (χ2n) is 5.03. The Hall–Kier alpha value is -1.85. The third kappa shape index (κ3) is 5.42. The van der Waals surface area contributed by atoms with E-state index in [2.05, 4.69) is 17.2 Å². The van der Waals surface area contributed by atoms with E-state index < -0.39 is 11.9 Å². The van der Waals surface area contributed by atoms with Gasteiger partial charge in [-0.05, 0) is 12.8 Å². The van der Waals surface area contributed by atoms with Crippen molar-refractivity contribution in [3.8, 4) is 0 Å². The molecule has 1 amide bonds. The van der Waals surface area contributed by atoms with Gasteiger partial charge in [0, 0.05) is 31.4 Å². The van der Waals surface area contributed by atoms with Gasteiger partial charge in [-0.2, -0.15) is 0 Å². The molecular weight excluding hydrogens is 258 g/mol. The molecule has 0 saturated carbocycles. The van der Waals surface area contributed by atoms with Crippen molar-refractivity contribution < 1.29 is 14.7 Å². The minimum absolute atomic E-state index is 0.0465. The van der Waals surface area contributed by atoms with Gasteiger partial charge in [-0.3, -0.25) is 9.59 Å². The van der Waals surface area contributed by atoms with Crippen LogP contribution in [0.25, 0.3) is 0 Å². The fourth-order valence-electron chi connectivity index (χ4n) is 2.01. The first-order valence-corrected chi connectivity index (χ1v) is 7.01. The normalized spacial score (nSPS) is 13.7. The lowest BCUT2D eigenvalue weighted by Crippen LogP contribution is -2.29. The highest BCUT2D eigenvalue weighted by molar-refractivity contribution is 5.76. The first-order valence-electron chi connectivity index (χ1n) is 7.01. The fraction of sp³-hybridized carbons (Fsp3) is 0.643. The zero-order valence-electron chi connectivity index (χ0n) is 12.1. The van der Waals surface area contributed by atoms with Crippen LogP contribution in [0.1, 0.15) is 45.6 Å². The number of nitrogens with one attached hydrogen (secondary N) is 1. The van der Waals surface area contributed by atoms with Crippen molar-refractivity contribution in [1.82, 2.24) is 14.9 Å². The lowest BCUT2D eigenvalue weighted by Gasteiger charge is -2.17. The fourth-order valence-corrected chi connectivity index (χ4v) is 2.01. The molecule has 1 aromatic rings. The summed E-state index contributed by atoms with van der Waals surface area (Å²) in [4.78, 5) is 26.6. The second-order valence-corrected chi connectivity index (χ2v) is 5.03. The maximum atomic E-state index is 11.9. The number of rotatable bonds is 9. The number of hydrogen-bond donors (Lipinski definition) is 2. The molecule has 1 aromatic heterocycles. The highest BCUT2D eigenvalue weighted by Crippen LogP contribution is 2.17. The zero-order chi connectivity index (χ0) is 15.0. The van der Waals surface area contributed by atoms with E-state index in [1.54, 1.807) is 19.4 Å². The van der Waals surface area contributed by atoms with Crippen LogP contribution in [0, 0.1) is 5.92 Å². The Labute approximate surface area is 119 Å². The second kappa shape index (κ2) is 8.35. The van der Waals surface area contributed by atoms with Gasteiger partial charge < -0.3 is 15.0 Å². The number of nitrogens with zero attached hydrogens (tertiary/aromatic N) is 2. The van der Waals surface area contributed by atoms with Gasteiger partial charge >= 0.3 is 5.97 Å². The van der Waals surface area contributed by atoms with Crippen LogP contribution in [0.4, 0.5) is 0 Å². The molecule has 6 heteroatoms. The van der Waals surface area contributed by atoms with Gasteiger partial charge in [-0.1, -0.05) is 20.3 Å². The number of aliphatic carboxylic acids is 1. The summed E-state index contributed by atoms with van der Waals surface area (Å²) in [7, 11) is 0. The first kappa shape index (κ1) is 16.2. The van der Waals surface area contributed by atoms with E-state index in [1.807, 2.05) is 10.8 Å². The lowest BCUT2D eigenvalue weighted by molar-refractivity contribution is -0.141. The molecule has 0 spiro atoms. The first-order chi connectivity index (χ1) is 9.54. The Morgan fingerprint density at radius 3 is 2.70 bits per heavy atom. The summed E-state index contributed by atoms with van der Waals surface area (Å²) in [5, 5.41) is 11.5. The maximum absolute atomic E-state index is 11.9. The SMILES string of the molecule is CCCC(CC(=O)NCCC(C)C(=O)O)n1ccnc1. The van der Waals surface area contributed by atoms with E-state index in [-0.39, 0.29) is 11.9 Å². The number of carbonyl (C=O) groups is 2. The van der Waals surface area contributed by atoms with Crippen LogP contribution in [-0.4, -0.2) is 33.1 Å². The number of carboxylic acids is 1. The average Bonchev–Trinajstić information content (AvgIpc) is 2.91. The van der Waals surface area contributed by atoms with Crippen LogP contribution in [0.3, 0.4) is 0 Å². The van der Waals surface area contributed by atoms with E-state index in [1.165, 1.54) is 0 Å². The molecule has 0 aliphatic rings. The van der Waals surface area contributed by atoms with Crippen LogP contribution >= 0.6 is 0 Å². The minimum atomic E-state index is -0.832. The van der Waals surface area contributed by atoms with Gasteiger partial charge in [-0.25, -0.2) is 4.98 Å². The molecule has 2 atom stereocenters. The van der Waals surface area contributed by atoms with Crippen molar-refractivity contribution in [2.45, 2.75) is 45.6 Å². The van der Waals surface area contributed by atoms with Crippen LogP contribution in [0.5, 0.6) is 0 Å². The third-order valence-electron chi connectivity index (χ3n) is 3.31. The zero-order valence-corrected chi connectivity index (χ0v) is 12.1. The number of amides is 1. The Balaban J connectivity index is 2.37. The van der Waals surface area contributed by atoms with Crippen molar-refractivity contribution in [3.63, 3.8) is 0 Å². The predicted octanol–water partition coefficient (Wildman–Crippen LogP) is 1.84. The van der Waals surface area contributed by atoms with Gasteiger partial charge in [0.05, 0.1) is 12.2 Å². The monoisotopic (exact) mass is 281 g/mol. The average molecular weight is 281 g/mol. The summed E-state index contributed by atoms with van der Waals surface area (Å²) in [6.07, 6.45) is 8.03. The summed E-state index contributed by atoms with van der Waals surface area (Å²) in [6, 6.07) is 0.111. The molecule has 20 heavy (non-hydrogen) atoms. The lowest BCUT2D eigenvalue weighted by atomic mass is 10.1. The quantitative estimate of drug-likeness (QED) is 0.723. The molecule has 112 valence electrons. The number of aromatic nitrogens is 2. The Bertz CT molecular complexity index is 417. The number of hydrogen-bond acceptors (Lipinski definition) is 3. The summed E-state index contributed by atoms with van der Waals surface area (Å²) in [6.45, 7) is 4.12. The molecule has 0 fully saturated rings. The van der Waals surface area contributed by atoms with Crippen LogP contribution < -0.4 is 5.32 Å². The molecule has 2 N–H and O–H groups in total. The van der Waals surface area contributed by atoms with Crippen molar-refractivity contribution >= 4 is 11.9 Å². The van der Waals surface area contributed by atoms with Crippen molar-refractivity contribution in [2.24, 2.45) is 5.92 Å². The van der Waals surface area contributed by atoms with Crippen molar-refractivity contribution in [1.29, 1.82) is 0 Å². The standard InChI is InChI=1S/C14H23N3O3/c1-3-4-12(17-8-7-15-10-17)9-13(18)16-6-5-11(2)14(19)20/h7-8,10-12H,3-6,9H2,1-2H3,(H,16,18)(H,19,20). The van der Waals surface area contributed by atoms with Crippen LogP contribution in [0.2, 0.25) is 0 Å². The molecule has 0 saturated heterocycles. The minimum Gasteiger partial charge on any atom is -0.481 e. The van der Waals surface area contributed by atoms with Gasteiger partial charge in [0.1, 0.15) is 0 Å². The predicted molar refractivity (Wildman–Crippen MR) is 75.2 cm³/mol. The molecular formula is C14H23N3O3. The number of carboxylic acid groups (broad SMARTS) is 1. The summed E-state index contributed by atoms with van der Waals surface area (Å²) in [5.74, 6) is -1.31. The summed E-state index contributed by atoms with van der Waals surface area (Å²) >= 11 is 0. The Morgan fingerprint density at radius 2 is 2.15 bits per heavy atom. The maximum Gasteiger partial charge on any atom is 0.306 e. The Kier molecular flexibility index (Phi) is 6.76. The van der Waals surface area contributed by atoms with Crippen LogP contribution in [-0.2, 0) is 9.59 Å². The highest BCUT2D eigenvalue weighted by Gasteiger charge is 2.15. The van der Waals surface area contributed by atoms with Crippen molar-refractivity contribution in [3.05, 3.63) is 18.7 Å². The van der Waals surface area contributed by atoms with Gasteiger partial charge in [-0.15, -0.1) is 0 Å². The smallest absolute Gasteiger partial charge is 0.306 e. The van der Waals surface area contributed by atoms with E-state index >= 15 is 0 Å². The molecule has 2 unspecified atom stereocenters. The summed E-state index contributed by atoms with van der Waals surface area (Å²) in [5.41, 5.74) is 0.